The van der Waals surface area contributed by atoms with Crippen molar-refractivity contribution in [3.63, 3.8) is 0 Å². The molecule has 1 N–H and O–H groups in total. The lowest BCUT2D eigenvalue weighted by molar-refractivity contribution is 0.545. The van der Waals surface area contributed by atoms with Gasteiger partial charge in [-0.25, -0.2) is 0 Å². The third-order valence-corrected chi connectivity index (χ3v) is 4.16. The molecule has 0 aromatic heterocycles. The Hall–Kier alpha value is 0.177. The van der Waals surface area contributed by atoms with Crippen molar-refractivity contribution in [3.8, 4) is 0 Å². The van der Waals surface area contributed by atoms with Gasteiger partial charge in [-0.05, 0) is 11.6 Å². The standard InChI is InChI=1S/C7H18OSi/c1-4-5-6-9(8)7(2)3/h7-9H,4-6H2,1-3H3. The van der Waals surface area contributed by atoms with E-state index in [9.17, 15) is 4.80 Å². The third kappa shape index (κ3) is 4.67. The van der Waals surface area contributed by atoms with Gasteiger partial charge in [-0.2, -0.15) is 0 Å². The lowest BCUT2D eigenvalue weighted by atomic mass is 10.4. The van der Waals surface area contributed by atoms with Gasteiger partial charge >= 0.3 is 0 Å². The molecule has 0 aliphatic carbocycles. The number of hydrogen-bond acceptors (Lipinski definition) is 1. The van der Waals surface area contributed by atoms with Gasteiger partial charge in [-0.1, -0.05) is 33.6 Å². The fraction of sp³-hybridized carbons (Fsp3) is 1.00. The number of hydrogen-bond donors (Lipinski definition) is 1. The van der Waals surface area contributed by atoms with Crippen LogP contribution < -0.4 is 0 Å². The van der Waals surface area contributed by atoms with Crippen molar-refractivity contribution >= 4 is 9.04 Å². The second-order valence-electron chi connectivity index (χ2n) is 2.95. The molecule has 0 heterocycles. The summed E-state index contributed by atoms with van der Waals surface area (Å²) < 4.78 is 0. The molecule has 1 atom stereocenters. The van der Waals surface area contributed by atoms with Crippen LogP contribution in [0.1, 0.15) is 33.6 Å². The van der Waals surface area contributed by atoms with Crippen molar-refractivity contribution in [2.45, 2.75) is 45.2 Å². The van der Waals surface area contributed by atoms with Crippen LogP contribution in [0.4, 0.5) is 0 Å². The molecular formula is C7H18OSi. The van der Waals surface area contributed by atoms with E-state index in [-0.39, 0.29) is 0 Å². The zero-order valence-corrected chi connectivity index (χ0v) is 7.88. The first kappa shape index (κ1) is 9.18. The first-order valence-corrected chi connectivity index (χ1v) is 5.86. The maximum absolute atomic E-state index is 9.40. The van der Waals surface area contributed by atoms with Crippen LogP contribution in [-0.2, 0) is 0 Å². The lowest BCUT2D eigenvalue weighted by Crippen LogP contribution is -2.15. The van der Waals surface area contributed by atoms with Crippen LogP contribution >= 0.6 is 0 Å². The Morgan fingerprint density at radius 3 is 2.33 bits per heavy atom. The van der Waals surface area contributed by atoms with E-state index in [2.05, 4.69) is 20.8 Å². The van der Waals surface area contributed by atoms with E-state index in [1.165, 1.54) is 12.8 Å². The maximum Gasteiger partial charge on any atom is 0.175 e. The molecule has 2 heteroatoms. The van der Waals surface area contributed by atoms with Crippen molar-refractivity contribution in [2.24, 2.45) is 0 Å². The summed E-state index contributed by atoms with van der Waals surface area (Å²) in [5.74, 6) is 0. The Balaban J connectivity index is 3.16. The van der Waals surface area contributed by atoms with Crippen molar-refractivity contribution in [2.75, 3.05) is 0 Å². The van der Waals surface area contributed by atoms with Gasteiger partial charge in [0.05, 0.1) is 0 Å². The SMILES string of the molecule is CCCC[SiH](O)C(C)C. The van der Waals surface area contributed by atoms with Gasteiger partial charge in [0, 0.05) is 0 Å². The Kier molecular flexibility index (Phi) is 5.10. The molecule has 0 saturated carbocycles. The van der Waals surface area contributed by atoms with E-state index in [4.69, 9.17) is 0 Å². The Bertz CT molecular complexity index is 63.9. The predicted octanol–water partition coefficient (Wildman–Crippen LogP) is 1.91. The van der Waals surface area contributed by atoms with Gasteiger partial charge in [0.2, 0.25) is 0 Å². The average Bonchev–Trinajstić information content (AvgIpc) is 1.82. The van der Waals surface area contributed by atoms with Gasteiger partial charge < -0.3 is 4.80 Å². The van der Waals surface area contributed by atoms with Crippen LogP contribution in [0.5, 0.6) is 0 Å². The molecule has 9 heavy (non-hydrogen) atoms. The summed E-state index contributed by atoms with van der Waals surface area (Å²) in [6.45, 7) is 6.40. The quantitative estimate of drug-likeness (QED) is 0.601. The highest BCUT2D eigenvalue weighted by atomic mass is 28.3. The van der Waals surface area contributed by atoms with Crippen molar-refractivity contribution in [3.05, 3.63) is 0 Å². The summed E-state index contributed by atoms with van der Waals surface area (Å²) in [6, 6.07) is 1.11. The molecule has 0 spiro atoms. The molecule has 0 aromatic rings. The van der Waals surface area contributed by atoms with Gasteiger partial charge in [0.15, 0.2) is 9.04 Å². The first-order chi connectivity index (χ1) is 4.18. The van der Waals surface area contributed by atoms with Crippen molar-refractivity contribution in [1.82, 2.24) is 0 Å². The molecule has 0 radical (unpaired) electrons. The number of unbranched alkanes of at least 4 members (excludes halogenated alkanes) is 1. The Labute approximate surface area is 59.8 Å². The third-order valence-electron chi connectivity index (χ3n) is 1.62. The molecule has 56 valence electrons. The smallest absolute Gasteiger partial charge is 0.175 e. The fourth-order valence-electron chi connectivity index (χ4n) is 0.747. The minimum Gasteiger partial charge on any atom is -0.434 e. The molecule has 0 fully saturated rings. The highest BCUT2D eigenvalue weighted by Gasteiger charge is 2.09. The van der Waals surface area contributed by atoms with E-state index < -0.39 is 9.04 Å². The minimum atomic E-state index is -1.29. The molecule has 0 amide bonds. The second-order valence-corrected chi connectivity index (χ2v) is 6.00. The summed E-state index contributed by atoms with van der Waals surface area (Å²) in [5.41, 5.74) is 0.566. The summed E-state index contributed by atoms with van der Waals surface area (Å²) in [5, 5.41) is 0. The molecule has 0 aliphatic rings. The van der Waals surface area contributed by atoms with E-state index in [1.54, 1.807) is 0 Å². The van der Waals surface area contributed by atoms with Crippen LogP contribution in [0.25, 0.3) is 0 Å². The topological polar surface area (TPSA) is 20.2 Å². The number of rotatable bonds is 4. The molecule has 0 bridgehead atoms. The van der Waals surface area contributed by atoms with Gasteiger partial charge in [0.1, 0.15) is 0 Å². The van der Waals surface area contributed by atoms with Gasteiger partial charge in [0.25, 0.3) is 0 Å². The van der Waals surface area contributed by atoms with E-state index >= 15 is 0 Å². The molecular weight excluding hydrogens is 128 g/mol. The van der Waals surface area contributed by atoms with Crippen LogP contribution in [-0.4, -0.2) is 13.8 Å². The largest absolute Gasteiger partial charge is 0.434 e. The van der Waals surface area contributed by atoms with Gasteiger partial charge in [-0.3, -0.25) is 0 Å². The zero-order chi connectivity index (χ0) is 7.28. The predicted molar refractivity (Wildman–Crippen MR) is 44.2 cm³/mol. The van der Waals surface area contributed by atoms with Crippen LogP contribution in [0.3, 0.4) is 0 Å². The van der Waals surface area contributed by atoms with E-state index in [0.717, 1.165) is 6.04 Å². The minimum absolute atomic E-state index is 0.566. The molecule has 0 aliphatic heterocycles. The van der Waals surface area contributed by atoms with Crippen LogP contribution in [0.2, 0.25) is 11.6 Å². The summed E-state index contributed by atoms with van der Waals surface area (Å²) in [7, 11) is -1.29. The van der Waals surface area contributed by atoms with E-state index in [1.807, 2.05) is 0 Å². The van der Waals surface area contributed by atoms with Crippen LogP contribution in [0.15, 0.2) is 0 Å². The highest BCUT2D eigenvalue weighted by molar-refractivity contribution is 6.51. The molecule has 0 rings (SSSR count). The van der Waals surface area contributed by atoms with Crippen LogP contribution in [0, 0.1) is 0 Å². The van der Waals surface area contributed by atoms with Crippen molar-refractivity contribution in [1.29, 1.82) is 0 Å². The normalized spacial score (nSPS) is 14.3. The lowest BCUT2D eigenvalue weighted by Gasteiger charge is -2.10. The molecule has 1 nitrogen and oxygen atoms in total. The highest BCUT2D eigenvalue weighted by Crippen LogP contribution is 2.11. The maximum atomic E-state index is 9.40. The summed E-state index contributed by atoms with van der Waals surface area (Å²) >= 11 is 0. The monoisotopic (exact) mass is 146 g/mol. The van der Waals surface area contributed by atoms with E-state index in [0.29, 0.717) is 5.54 Å². The second kappa shape index (κ2) is 5.00. The summed E-state index contributed by atoms with van der Waals surface area (Å²) in [4.78, 5) is 9.40. The molecule has 1 unspecified atom stereocenters. The average molecular weight is 146 g/mol. The molecule has 0 aromatic carbocycles. The Morgan fingerprint density at radius 2 is 2.00 bits per heavy atom. The Morgan fingerprint density at radius 1 is 1.44 bits per heavy atom. The first-order valence-electron chi connectivity index (χ1n) is 3.86. The summed E-state index contributed by atoms with van der Waals surface area (Å²) in [6.07, 6.45) is 2.43. The zero-order valence-electron chi connectivity index (χ0n) is 6.72. The van der Waals surface area contributed by atoms with Gasteiger partial charge in [-0.15, -0.1) is 0 Å². The van der Waals surface area contributed by atoms with Crippen molar-refractivity contribution < 1.29 is 4.80 Å². The molecule has 0 saturated heterocycles. The fourth-order valence-corrected chi connectivity index (χ4v) is 2.24.